The first-order chi connectivity index (χ1) is 17.0. The van der Waals surface area contributed by atoms with Crippen LogP contribution in [-0.4, -0.2) is 42.3 Å². The van der Waals surface area contributed by atoms with E-state index in [0.29, 0.717) is 42.3 Å². The zero-order valence-corrected chi connectivity index (χ0v) is 20.8. The van der Waals surface area contributed by atoms with Crippen LogP contribution < -0.4 is 15.0 Å². The monoisotopic (exact) mass is 484 g/mol. The standard InChI is InChI=1S/C27H37FN4O3/c1-17(2)26-30-27(35-31-26)32-10-7-19(8-11-32)23-13-20(23)9-12-34-22-6-5-21(24(28)15-22)14-25(33)29-16-18-3-4-18/h5-6,15,17-20,23H,3-4,7-14,16H2,1-2H3,(H,29,33)/t20-,23-/m1/s1. The molecule has 3 fully saturated rings. The van der Waals surface area contributed by atoms with E-state index in [4.69, 9.17) is 9.26 Å². The number of aromatic nitrogens is 2. The van der Waals surface area contributed by atoms with E-state index >= 15 is 0 Å². The molecule has 0 radical (unpaired) electrons. The van der Waals surface area contributed by atoms with Crippen LogP contribution in [0.5, 0.6) is 5.75 Å². The summed E-state index contributed by atoms with van der Waals surface area (Å²) >= 11 is 0. The van der Waals surface area contributed by atoms with E-state index in [1.54, 1.807) is 12.1 Å². The van der Waals surface area contributed by atoms with E-state index in [2.05, 4.69) is 34.2 Å². The second-order valence-electron chi connectivity index (χ2n) is 10.9. The van der Waals surface area contributed by atoms with E-state index in [1.807, 2.05) is 0 Å². The van der Waals surface area contributed by atoms with E-state index in [9.17, 15) is 9.18 Å². The molecule has 2 atom stereocenters. The van der Waals surface area contributed by atoms with Crippen molar-refractivity contribution in [2.75, 3.05) is 31.1 Å². The van der Waals surface area contributed by atoms with Gasteiger partial charge in [0.15, 0.2) is 5.82 Å². The molecule has 35 heavy (non-hydrogen) atoms. The molecule has 0 spiro atoms. The summed E-state index contributed by atoms with van der Waals surface area (Å²) in [6, 6.07) is 5.51. The quantitative estimate of drug-likeness (QED) is 0.497. The lowest BCUT2D eigenvalue weighted by atomic mass is 9.90. The average molecular weight is 485 g/mol. The largest absolute Gasteiger partial charge is 0.493 e. The minimum absolute atomic E-state index is 0.0762. The molecule has 2 aromatic rings. The summed E-state index contributed by atoms with van der Waals surface area (Å²) in [6.07, 6.45) is 7.01. The van der Waals surface area contributed by atoms with Crippen LogP contribution in [0, 0.1) is 29.5 Å². The van der Waals surface area contributed by atoms with Gasteiger partial charge < -0.3 is 19.5 Å². The van der Waals surface area contributed by atoms with Crippen molar-refractivity contribution < 1.29 is 18.4 Å². The van der Waals surface area contributed by atoms with Crippen molar-refractivity contribution >= 4 is 11.9 Å². The number of hydrogen-bond donors (Lipinski definition) is 1. The summed E-state index contributed by atoms with van der Waals surface area (Å²) in [6.45, 7) is 7.38. The molecular weight excluding hydrogens is 447 g/mol. The molecule has 2 saturated carbocycles. The van der Waals surface area contributed by atoms with Crippen molar-refractivity contribution in [3.8, 4) is 5.75 Å². The number of nitrogens with zero attached hydrogens (tertiary/aromatic N) is 3. The van der Waals surface area contributed by atoms with E-state index in [0.717, 1.165) is 50.0 Å². The summed E-state index contributed by atoms with van der Waals surface area (Å²) in [7, 11) is 0. The summed E-state index contributed by atoms with van der Waals surface area (Å²) < 4.78 is 25.7. The highest BCUT2D eigenvalue weighted by atomic mass is 19.1. The number of carbonyl (C=O) groups excluding carboxylic acids is 1. The minimum atomic E-state index is -0.373. The molecule has 1 aliphatic heterocycles. The van der Waals surface area contributed by atoms with E-state index in [-0.39, 0.29) is 24.1 Å². The fourth-order valence-corrected chi connectivity index (χ4v) is 5.19. The normalized spacial score (nSPS) is 22.5. The number of hydrogen-bond acceptors (Lipinski definition) is 6. The third-order valence-electron chi connectivity index (χ3n) is 7.76. The number of anilines is 1. The van der Waals surface area contributed by atoms with Crippen LogP contribution in [0.2, 0.25) is 0 Å². The first-order valence-corrected chi connectivity index (χ1v) is 13.2. The first kappa shape index (κ1) is 24.1. The van der Waals surface area contributed by atoms with Crippen LogP contribution in [0.15, 0.2) is 22.7 Å². The highest BCUT2D eigenvalue weighted by Crippen LogP contribution is 2.50. The highest BCUT2D eigenvalue weighted by Gasteiger charge is 2.43. The van der Waals surface area contributed by atoms with Gasteiger partial charge in [-0.2, -0.15) is 4.98 Å². The fraction of sp³-hybridized carbons (Fsp3) is 0.667. The third kappa shape index (κ3) is 6.33. The second-order valence-corrected chi connectivity index (χ2v) is 10.9. The van der Waals surface area contributed by atoms with E-state index in [1.165, 1.54) is 25.3 Å². The lowest BCUT2D eigenvalue weighted by Crippen LogP contribution is -2.34. The molecule has 190 valence electrons. The van der Waals surface area contributed by atoms with Crippen molar-refractivity contribution in [1.82, 2.24) is 15.5 Å². The number of piperidine rings is 1. The van der Waals surface area contributed by atoms with Gasteiger partial charge >= 0.3 is 6.01 Å². The zero-order chi connectivity index (χ0) is 24.4. The predicted molar refractivity (Wildman–Crippen MR) is 131 cm³/mol. The van der Waals surface area contributed by atoms with Crippen molar-refractivity contribution in [2.45, 2.75) is 64.7 Å². The van der Waals surface area contributed by atoms with Crippen LogP contribution in [0.1, 0.15) is 69.7 Å². The summed E-state index contributed by atoms with van der Waals surface area (Å²) in [5.74, 6) is 3.92. The average Bonchev–Trinajstić information content (AvgIpc) is 3.77. The molecule has 3 aliphatic rings. The molecule has 1 aromatic heterocycles. The lowest BCUT2D eigenvalue weighted by Gasteiger charge is -2.30. The topological polar surface area (TPSA) is 80.5 Å². The summed E-state index contributed by atoms with van der Waals surface area (Å²) in [5, 5.41) is 6.97. The van der Waals surface area contributed by atoms with Gasteiger partial charge in [0.2, 0.25) is 5.91 Å². The lowest BCUT2D eigenvalue weighted by molar-refractivity contribution is -0.120. The number of amides is 1. The van der Waals surface area contributed by atoms with Gasteiger partial charge in [-0.15, -0.1) is 0 Å². The van der Waals surface area contributed by atoms with Crippen LogP contribution in [-0.2, 0) is 11.2 Å². The SMILES string of the molecule is CC(C)c1noc(N2CCC([C@H]3C[C@H]3CCOc3ccc(CC(=O)NCC4CC4)c(F)c3)CC2)n1. The van der Waals surface area contributed by atoms with Crippen molar-refractivity contribution in [1.29, 1.82) is 0 Å². The molecule has 1 aromatic carbocycles. The zero-order valence-electron chi connectivity index (χ0n) is 20.8. The Balaban J connectivity index is 1.000. The maximum Gasteiger partial charge on any atom is 0.324 e. The Labute approximate surface area is 206 Å². The van der Waals surface area contributed by atoms with Crippen LogP contribution in [0.4, 0.5) is 10.4 Å². The Morgan fingerprint density at radius 3 is 2.74 bits per heavy atom. The predicted octanol–water partition coefficient (Wildman–Crippen LogP) is 4.72. The maximum absolute atomic E-state index is 14.4. The fourth-order valence-electron chi connectivity index (χ4n) is 5.19. The molecule has 1 amide bonds. The third-order valence-corrected chi connectivity index (χ3v) is 7.76. The highest BCUT2D eigenvalue weighted by molar-refractivity contribution is 5.78. The molecule has 8 heteroatoms. The van der Waals surface area contributed by atoms with Gasteiger partial charge in [0, 0.05) is 31.6 Å². The number of rotatable bonds is 11. The Hall–Kier alpha value is -2.64. The van der Waals surface area contributed by atoms with Gasteiger partial charge in [0.1, 0.15) is 11.6 Å². The maximum atomic E-state index is 14.4. The molecule has 1 saturated heterocycles. The molecule has 0 bridgehead atoms. The second kappa shape index (κ2) is 10.5. The number of carbonyl (C=O) groups is 1. The Bertz CT molecular complexity index is 1010. The Morgan fingerprint density at radius 2 is 2.06 bits per heavy atom. The van der Waals surface area contributed by atoms with Crippen molar-refractivity contribution in [3.05, 3.63) is 35.4 Å². The Morgan fingerprint density at radius 1 is 1.26 bits per heavy atom. The Kier molecular flexibility index (Phi) is 7.25. The summed E-state index contributed by atoms with van der Waals surface area (Å²) in [4.78, 5) is 18.7. The van der Waals surface area contributed by atoms with Gasteiger partial charge in [-0.25, -0.2) is 4.39 Å². The minimum Gasteiger partial charge on any atom is -0.493 e. The summed E-state index contributed by atoms with van der Waals surface area (Å²) in [5.41, 5.74) is 0.417. The van der Waals surface area contributed by atoms with Crippen LogP contribution in [0.25, 0.3) is 0 Å². The van der Waals surface area contributed by atoms with Gasteiger partial charge in [-0.3, -0.25) is 4.79 Å². The van der Waals surface area contributed by atoms with Gasteiger partial charge in [0.25, 0.3) is 0 Å². The van der Waals surface area contributed by atoms with Gasteiger partial charge in [-0.1, -0.05) is 25.1 Å². The molecule has 7 nitrogen and oxygen atoms in total. The van der Waals surface area contributed by atoms with Gasteiger partial charge in [-0.05, 0) is 73.8 Å². The number of nitrogens with one attached hydrogen (secondary N) is 1. The first-order valence-electron chi connectivity index (χ1n) is 13.2. The number of halogens is 1. The molecule has 2 aliphatic carbocycles. The van der Waals surface area contributed by atoms with Crippen LogP contribution >= 0.6 is 0 Å². The molecule has 2 heterocycles. The smallest absolute Gasteiger partial charge is 0.324 e. The van der Waals surface area contributed by atoms with Crippen molar-refractivity contribution in [3.63, 3.8) is 0 Å². The number of benzene rings is 1. The molecule has 1 N–H and O–H groups in total. The van der Waals surface area contributed by atoms with Crippen molar-refractivity contribution in [2.24, 2.45) is 23.7 Å². The molecular formula is C27H37FN4O3. The van der Waals surface area contributed by atoms with Gasteiger partial charge in [0.05, 0.1) is 13.0 Å². The van der Waals surface area contributed by atoms with Crippen LogP contribution in [0.3, 0.4) is 0 Å². The van der Waals surface area contributed by atoms with E-state index < -0.39 is 0 Å². The molecule has 0 unspecified atom stereocenters. The number of ether oxygens (including phenoxy) is 1. The molecule has 5 rings (SSSR count).